The summed E-state index contributed by atoms with van der Waals surface area (Å²) in [5.41, 5.74) is 0.717. The van der Waals surface area contributed by atoms with Gasteiger partial charge in [-0.05, 0) is 85.8 Å². The fraction of sp³-hybridized carbons (Fsp3) is 0.367. The van der Waals surface area contributed by atoms with Gasteiger partial charge in [0.2, 0.25) is 15.8 Å². The number of piperidine rings is 2. The van der Waals surface area contributed by atoms with Crippen molar-refractivity contribution in [1.82, 2.24) is 9.21 Å². The first-order chi connectivity index (χ1) is 20.2. The normalized spacial score (nSPS) is 18.0. The highest BCUT2D eigenvalue weighted by atomic mass is 35.5. The summed E-state index contributed by atoms with van der Waals surface area (Å²) in [7, 11) is -2.51. The molecule has 0 bridgehead atoms. The Bertz CT molecular complexity index is 1550. The van der Waals surface area contributed by atoms with Crippen LogP contribution >= 0.6 is 11.6 Å². The Morgan fingerprint density at radius 2 is 1.69 bits per heavy atom. The predicted octanol–water partition coefficient (Wildman–Crippen LogP) is 7.01. The van der Waals surface area contributed by atoms with Gasteiger partial charge in [0.15, 0.2) is 17.3 Å². The van der Waals surface area contributed by atoms with Crippen LogP contribution in [0.2, 0.25) is 5.02 Å². The Morgan fingerprint density at radius 1 is 0.952 bits per heavy atom. The molecule has 42 heavy (non-hydrogen) atoms. The van der Waals surface area contributed by atoms with E-state index in [9.17, 15) is 22.0 Å². The van der Waals surface area contributed by atoms with E-state index in [4.69, 9.17) is 21.1 Å². The summed E-state index contributed by atoms with van der Waals surface area (Å²) in [6.45, 7) is 1.56. The van der Waals surface area contributed by atoms with E-state index in [0.29, 0.717) is 48.8 Å². The summed E-state index contributed by atoms with van der Waals surface area (Å²) in [5, 5.41) is 3.36. The molecule has 0 radical (unpaired) electrons. The van der Waals surface area contributed by atoms with Crippen molar-refractivity contribution in [2.75, 3.05) is 38.6 Å². The van der Waals surface area contributed by atoms with Crippen LogP contribution in [0.3, 0.4) is 0 Å². The number of hydrogen-bond acceptors (Lipinski definition) is 5. The minimum Gasteiger partial charge on any atom is -0.494 e. The van der Waals surface area contributed by atoms with E-state index >= 15 is 0 Å². The number of benzene rings is 3. The van der Waals surface area contributed by atoms with Gasteiger partial charge in [0.25, 0.3) is 0 Å². The van der Waals surface area contributed by atoms with Crippen molar-refractivity contribution in [3.8, 4) is 17.2 Å². The maximum atomic E-state index is 14.2. The van der Waals surface area contributed by atoms with Gasteiger partial charge in [-0.15, -0.1) is 0 Å². The van der Waals surface area contributed by atoms with Gasteiger partial charge in [-0.1, -0.05) is 18.0 Å². The van der Waals surface area contributed by atoms with Gasteiger partial charge in [0, 0.05) is 37.1 Å². The zero-order valence-electron chi connectivity index (χ0n) is 23.1. The lowest BCUT2D eigenvalue weighted by molar-refractivity contribution is 0.192. The number of halogens is 3. The van der Waals surface area contributed by atoms with Gasteiger partial charge >= 0.3 is 6.03 Å². The standard InChI is InChI=1S/C30H32ClF2N3O5S/c1-40-28-17-21(16-25(32)29(28)33)20-6-5-13-35(19-20)30(37)34-26-18-24(42(38,39)36-14-3-2-4-15-36)11-12-27(26)41-23-9-7-22(31)8-10-23/h7-12,16-18,20H,2-6,13-15,19H2,1H3,(H,34,37). The van der Waals surface area contributed by atoms with Gasteiger partial charge in [-0.3, -0.25) is 0 Å². The topological polar surface area (TPSA) is 88.2 Å². The molecule has 3 aromatic rings. The van der Waals surface area contributed by atoms with E-state index in [1.54, 1.807) is 29.2 Å². The number of carbonyl (C=O) groups is 1. The van der Waals surface area contributed by atoms with Crippen LogP contribution in [0.4, 0.5) is 19.3 Å². The smallest absolute Gasteiger partial charge is 0.321 e. The van der Waals surface area contributed by atoms with Crippen molar-refractivity contribution in [3.63, 3.8) is 0 Å². The zero-order valence-corrected chi connectivity index (χ0v) is 24.7. The maximum absolute atomic E-state index is 14.2. The highest BCUT2D eigenvalue weighted by Gasteiger charge is 2.29. The van der Waals surface area contributed by atoms with Gasteiger partial charge in [0.1, 0.15) is 5.75 Å². The van der Waals surface area contributed by atoms with Crippen LogP contribution in [0, 0.1) is 11.6 Å². The molecule has 1 unspecified atom stereocenters. The average Bonchev–Trinajstić information content (AvgIpc) is 3.00. The molecule has 0 saturated carbocycles. The molecule has 5 rings (SSSR count). The lowest BCUT2D eigenvalue weighted by Gasteiger charge is -2.33. The van der Waals surface area contributed by atoms with E-state index in [2.05, 4.69) is 5.32 Å². The second kappa shape index (κ2) is 12.8. The van der Waals surface area contributed by atoms with Crippen molar-refractivity contribution in [3.05, 3.63) is 76.8 Å². The van der Waals surface area contributed by atoms with Crippen LogP contribution in [0.25, 0.3) is 0 Å². The quantitative estimate of drug-likeness (QED) is 0.308. The molecule has 3 aromatic carbocycles. The van der Waals surface area contributed by atoms with Crippen molar-refractivity contribution in [1.29, 1.82) is 0 Å². The molecule has 2 aliphatic heterocycles. The summed E-state index contributed by atoms with van der Waals surface area (Å²) in [5.74, 6) is -1.80. The van der Waals surface area contributed by atoms with Crippen LogP contribution in [-0.4, -0.2) is 56.9 Å². The second-order valence-corrected chi connectivity index (χ2v) is 12.8. The molecule has 12 heteroatoms. The molecule has 2 saturated heterocycles. The number of sulfonamides is 1. The molecule has 224 valence electrons. The minimum absolute atomic E-state index is 0.0496. The summed E-state index contributed by atoms with van der Waals surface area (Å²) < 4.78 is 67.5. The van der Waals surface area contributed by atoms with Crippen molar-refractivity contribution >= 4 is 33.3 Å². The number of rotatable bonds is 7. The van der Waals surface area contributed by atoms with Crippen LogP contribution in [-0.2, 0) is 10.0 Å². The SMILES string of the molecule is COc1cc(C2CCCN(C(=O)Nc3cc(S(=O)(=O)N4CCCCC4)ccc3Oc3ccc(Cl)cc3)C2)cc(F)c1F. The molecule has 1 atom stereocenters. The fourth-order valence-electron chi connectivity index (χ4n) is 5.34. The number of ether oxygens (including phenoxy) is 2. The summed E-state index contributed by atoms with van der Waals surface area (Å²) in [6, 6.07) is 13.2. The number of methoxy groups -OCH3 is 1. The lowest BCUT2D eigenvalue weighted by Crippen LogP contribution is -2.41. The minimum atomic E-state index is -3.78. The molecule has 2 aliphatic rings. The first-order valence-corrected chi connectivity index (χ1v) is 15.6. The molecule has 8 nitrogen and oxygen atoms in total. The third kappa shape index (κ3) is 6.63. The molecule has 0 aliphatic carbocycles. The van der Waals surface area contributed by atoms with Crippen molar-refractivity contribution in [2.45, 2.75) is 42.9 Å². The first-order valence-electron chi connectivity index (χ1n) is 13.8. The summed E-state index contributed by atoms with van der Waals surface area (Å²) in [4.78, 5) is 15.1. The van der Waals surface area contributed by atoms with E-state index in [1.165, 1.54) is 35.7 Å². The molecule has 2 heterocycles. The van der Waals surface area contributed by atoms with Gasteiger partial charge in [0.05, 0.1) is 17.7 Å². The molecule has 2 amide bonds. The van der Waals surface area contributed by atoms with Gasteiger partial charge < -0.3 is 19.7 Å². The lowest BCUT2D eigenvalue weighted by atomic mass is 9.90. The van der Waals surface area contributed by atoms with Crippen LogP contribution in [0.15, 0.2) is 59.5 Å². The molecule has 0 aromatic heterocycles. The number of anilines is 1. The highest BCUT2D eigenvalue weighted by molar-refractivity contribution is 7.89. The monoisotopic (exact) mass is 619 g/mol. The fourth-order valence-corrected chi connectivity index (χ4v) is 7.01. The van der Waals surface area contributed by atoms with Crippen molar-refractivity contribution < 1.29 is 31.5 Å². The van der Waals surface area contributed by atoms with Crippen LogP contribution < -0.4 is 14.8 Å². The van der Waals surface area contributed by atoms with E-state index < -0.39 is 27.7 Å². The number of nitrogens with one attached hydrogen (secondary N) is 1. The number of urea groups is 1. The van der Waals surface area contributed by atoms with E-state index in [1.807, 2.05) is 0 Å². The number of nitrogens with zero attached hydrogens (tertiary/aromatic N) is 2. The molecular weight excluding hydrogens is 588 g/mol. The van der Waals surface area contributed by atoms with E-state index in [-0.39, 0.29) is 34.5 Å². The molecule has 0 spiro atoms. The van der Waals surface area contributed by atoms with Gasteiger partial charge in [-0.2, -0.15) is 8.70 Å². The number of carbonyl (C=O) groups excluding carboxylic acids is 1. The van der Waals surface area contributed by atoms with Crippen LogP contribution in [0.5, 0.6) is 17.2 Å². The maximum Gasteiger partial charge on any atom is 0.321 e. The Kier molecular flexibility index (Phi) is 9.19. The Morgan fingerprint density at radius 3 is 2.40 bits per heavy atom. The largest absolute Gasteiger partial charge is 0.494 e. The Balaban J connectivity index is 1.41. The number of amides is 2. The Labute approximate surface area is 249 Å². The molecular formula is C30H32ClF2N3O5S. The zero-order chi connectivity index (χ0) is 29.9. The Hall–Kier alpha value is -3.41. The van der Waals surface area contributed by atoms with Gasteiger partial charge in [-0.25, -0.2) is 17.6 Å². The second-order valence-electron chi connectivity index (χ2n) is 10.4. The number of likely N-dealkylation sites (tertiary alicyclic amines) is 1. The number of hydrogen-bond donors (Lipinski definition) is 1. The van der Waals surface area contributed by atoms with E-state index in [0.717, 1.165) is 25.3 Å². The third-order valence-corrected chi connectivity index (χ3v) is 9.75. The highest BCUT2D eigenvalue weighted by Crippen LogP contribution is 2.36. The summed E-state index contributed by atoms with van der Waals surface area (Å²) >= 11 is 6.00. The summed E-state index contributed by atoms with van der Waals surface area (Å²) in [6.07, 6.45) is 3.87. The molecule has 1 N–H and O–H groups in total. The predicted molar refractivity (Wildman–Crippen MR) is 156 cm³/mol. The van der Waals surface area contributed by atoms with Crippen LogP contribution in [0.1, 0.15) is 43.6 Å². The molecule has 2 fully saturated rings. The first kappa shape index (κ1) is 30.1. The third-order valence-electron chi connectivity index (χ3n) is 7.60. The average molecular weight is 620 g/mol. The van der Waals surface area contributed by atoms with Crippen molar-refractivity contribution in [2.24, 2.45) is 0 Å².